The van der Waals surface area contributed by atoms with Gasteiger partial charge in [0.15, 0.2) is 0 Å². The average Bonchev–Trinajstić information content (AvgIpc) is 3.55. The van der Waals surface area contributed by atoms with Gasteiger partial charge in [-0.2, -0.15) is 5.26 Å². The molecule has 1 unspecified atom stereocenters. The SMILES string of the molecule is C=N/C=C(\C=N/CN1CCC(CN2CCN(c3ccc4c(c3)C(=O)N(C(CCC=O)C(=C)NC)C4=O)CC2)CC1)C(N)=O.N#Cc1ccc(OC2CCCCC2)c2cccnc12. The van der Waals surface area contributed by atoms with Gasteiger partial charge in [0.1, 0.15) is 18.1 Å². The summed E-state index contributed by atoms with van der Waals surface area (Å²) in [5.74, 6) is 0.205. The minimum Gasteiger partial charge on any atom is -0.490 e. The number of pyridine rings is 1. The summed E-state index contributed by atoms with van der Waals surface area (Å²) in [6.07, 6.45) is 14.4. The Hall–Kier alpha value is -6.24. The van der Waals surface area contributed by atoms with Crippen LogP contribution < -0.4 is 20.7 Å². The molecule has 1 atom stereocenters. The maximum absolute atomic E-state index is 13.4. The fraction of sp³-hybridized carbons (Fsp3) is 0.447. The molecule has 2 saturated heterocycles. The number of likely N-dealkylation sites (N-methyl/N-ethyl adjacent to an activating group) is 1. The van der Waals surface area contributed by atoms with E-state index in [1.807, 2.05) is 30.3 Å². The maximum atomic E-state index is 13.4. The first-order valence-corrected chi connectivity index (χ1v) is 21.6. The second kappa shape index (κ2) is 22.0. The zero-order valence-electron chi connectivity index (χ0n) is 35.7. The van der Waals surface area contributed by atoms with Gasteiger partial charge in [0, 0.05) is 94.7 Å². The van der Waals surface area contributed by atoms with Crippen molar-refractivity contribution in [3.63, 3.8) is 0 Å². The molecule has 3 fully saturated rings. The first kappa shape index (κ1) is 45.3. The molecule has 3 amide bonds. The number of ether oxygens (including phenoxy) is 1. The summed E-state index contributed by atoms with van der Waals surface area (Å²) in [6, 6.07) is 14.7. The van der Waals surface area contributed by atoms with Crippen LogP contribution in [0.15, 0.2) is 82.7 Å². The molecular formula is C47H58N10O5. The molecule has 3 N–H and O–H groups in total. The van der Waals surface area contributed by atoms with E-state index in [0.29, 0.717) is 47.5 Å². The third kappa shape index (κ3) is 11.2. The highest BCUT2D eigenvalue weighted by Crippen LogP contribution is 2.33. The van der Waals surface area contributed by atoms with Crippen LogP contribution in [0.1, 0.15) is 84.1 Å². The number of nitriles is 1. The highest BCUT2D eigenvalue weighted by atomic mass is 16.5. The molecule has 1 aromatic heterocycles. The third-order valence-electron chi connectivity index (χ3n) is 12.2. The van der Waals surface area contributed by atoms with Crippen LogP contribution >= 0.6 is 0 Å². The highest BCUT2D eigenvalue weighted by molar-refractivity contribution is 6.22. The monoisotopic (exact) mass is 842 g/mol. The number of hydrogen-bond acceptors (Lipinski definition) is 13. The van der Waals surface area contributed by atoms with Gasteiger partial charge in [0.2, 0.25) is 0 Å². The Labute approximate surface area is 364 Å². The standard InChI is InChI=1S/C31H42N8O4.C16H16N2O/c1-22(34-3)28(5-4-16-40)39-30(42)26-7-6-25(17-27(26)31(39)43)38-14-12-36(13-15-38)20-23-8-10-37(11-9-23)21-35-19-24(18-33-2)29(32)41;17-11-12-8-9-15(14-7-4-10-18-16(12)14)19-13-5-2-1-3-6-13/h6-7,16-19,23,28,34H,1-2,4-5,8-15,20-21H2,3H3,(H2,32,41);4,7-10,13H,1-3,5-6H2/b24-18+,35-19-;. The molecule has 4 heterocycles. The summed E-state index contributed by atoms with van der Waals surface area (Å²) in [4.78, 5) is 69.5. The van der Waals surface area contributed by atoms with Crippen LogP contribution in [0.5, 0.6) is 5.75 Å². The number of fused-ring (bicyclic) bond motifs is 2. The van der Waals surface area contributed by atoms with Crippen LogP contribution in [0, 0.1) is 17.2 Å². The highest BCUT2D eigenvalue weighted by Gasteiger charge is 2.41. The van der Waals surface area contributed by atoms with Crippen molar-refractivity contribution >= 4 is 53.5 Å². The van der Waals surface area contributed by atoms with E-state index in [1.54, 1.807) is 25.4 Å². The van der Waals surface area contributed by atoms with Gasteiger partial charge in [0.05, 0.1) is 46.6 Å². The molecule has 3 aliphatic heterocycles. The van der Waals surface area contributed by atoms with Crippen molar-refractivity contribution in [2.75, 3.05) is 64.4 Å². The number of amides is 3. The molecule has 1 saturated carbocycles. The van der Waals surface area contributed by atoms with Crippen LogP contribution in [-0.2, 0) is 9.59 Å². The van der Waals surface area contributed by atoms with Gasteiger partial charge in [-0.1, -0.05) is 13.0 Å². The average molecular weight is 843 g/mol. The maximum Gasteiger partial charge on any atom is 0.262 e. The number of imide groups is 1. The quantitative estimate of drug-likeness (QED) is 0.0844. The lowest BCUT2D eigenvalue weighted by atomic mass is 9.96. The van der Waals surface area contributed by atoms with Gasteiger partial charge in [0.25, 0.3) is 17.7 Å². The van der Waals surface area contributed by atoms with Crippen molar-refractivity contribution < 1.29 is 23.9 Å². The number of benzene rings is 2. The number of likely N-dealkylation sites (tertiary alicyclic amines) is 1. The molecule has 1 aliphatic carbocycles. The third-order valence-corrected chi connectivity index (χ3v) is 12.2. The Bertz CT molecular complexity index is 2210. The van der Waals surface area contributed by atoms with E-state index in [1.165, 1.54) is 36.6 Å². The summed E-state index contributed by atoms with van der Waals surface area (Å²) in [5.41, 5.74) is 9.15. The Morgan fingerprint density at radius 1 is 1.02 bits per heavy atom. The Morgan fingerprint density at radius 3 is 2.44 bits per heavy atom. The second-order valence-corrected chi connectivity index (χ2v) is 16.2. The summed E-state index contributed by atoms with van der Waals surface area (Å²) >= 11 is 0. The number of carbonyl (C=O) groups excluding carboxylic acids is 4. The number of aromatic nitrogens is 1. The van der Waals surface area contributed by atoms with Gasteiger partial charge in [-0.25, -0.2) is 0 Å². The molecular weight excluding hydrogens is 785 g/mol. The zero-order chi connectivity index (χ0) is 44.0. The number of primary amides is 1. The van der Waals surface area contributed by atoms with Crippen molar-refractivity contribution in [1.29, 1.82) is 5.26 Å². The number of rotatable bonds is 16. The van der Waals surface area contributed by atoms with E-state index < -0.39 is 11.9 Å². The first-order valence-electron chi connectivity index (χ1n) is 21.6. The van der Waals surface area contributed by atoms with Crippen molar-refractivity contribution in [2.45, 2.75) is 69.9 Å². The Balaban J connectivity index is 0.000000278. The molecule has 326 valence electrons. The van der Waals surface area contributed by atoms with E-state index in [4.69, 9.17) is 15.7 Å². The smallest absolute Gasteiger partial charge is 0.262 e. The molecule has 15 heteroatoms. The normalized spacial score (nSPS) is 18.5. The van der Waals surface area contributed by atoms with Gasteiger partial charge in [-0.15, -0.1) is 0 Å². The van der Waals surface area contributed by atoms with Crippen LogP contribution in [0.3, 0.4) is 0 Å². The van der Waals surface area contributed by atoms with Crippen LogP contribution in [-0.4, -0.2) is 128 Å². The molecule has 3 aromatic rings. The van der Waals surface area contributed by atoms with E-state index in [9.17, 15) is 19.2 Å². The lowest BCUT2D eigenvalue weighted by molar-refractivity contribution is -0.114. The second-order valence-electron chi connectivity index (χ2n) is 16.2. The largest absolute Gasteiger partial charge is 0.490 e. The number of anilines is 1. The molecule has 15 nitrogen and oxygen atoms in total. The van der Waals surface area contributed by atoms with E-state index in [2.05, 4.69) is 54.4 Å². The molecule has 0 bridgehead atoms. The van der Waals surface area contributed by atoms with Crippen molar-refractivity contribution in [1.82, 2.24) is 25.0 Å². The number of aldehydes is 1. The summed E-state index contributed by atoms with van der Waals surface area (Å²) in [5, 5.41) is 13.0. The lowest BCUT2D eigenvalue weighted by Gasteiger charge is -2.39. The fourth-order valence-corrected chi connectivity index (χ4v) is 8.66. The summed E-state index contributed by atoms with van der Waals surface area (Å²) in [6.45, 7) is 14.3. The predicted octanol–water partition coefficient (Wildman–Crippen LogP) is 5.11. The minimum absolute atomic E-state index is 0.230. The molecule has 7 rings (SSSR count). The lowest BCUT2D eigenvalue weighted by Crippen LogP contribution is -2.49. The molecule has 62 heavy (non-hydrogen) atoms. The van der Waals surface area contributed by atoms with Gasteiger partial charge >= 0.3 is 0 Å². The van der Waals surface area contributed by atoms with Crippen molar-refractivity contribution in [3.05, 3.63) is 89.4 Å². The minimum atomic E-state index is -0.582. The Kier molecular flexibility index (Phi) is 16.1. The zero-order valence-corrected chi connectivity index (χ0v) is 35.7. The summed E-state index contributed by atoms with van der Waals surface area (Å²) in [7, 11) is 1.69. The number of carbonyl (C=O) groups is 4. The molecule has 2 aromatic carbocycles. The van der Waals surface area contributed by atoms with Crippen LogP contribution in [0.2, 0.25) is 0 Å². The van der Waals surface area contributed by atoms with E-state index in [-0.39, 0.29) is 23.8 Å². The van der Waals surface area contributed by atoms with Gasteiger partial charge in [-0.3, -0.25) is 44.1 Å². The van der Waals surface area contributed by atoms with Crippen LogP contribution in [0.4, 0.5) is 5.69 Å². The van der Waals surface area contributed by atoms with Gasteiger partial charge < -0.3 is 25.5 Å². The fourth-order valence-electron chi connectivity index (χ4n) is 8.66. The Morgan fingerprint density at radius 2 is 1.76 bits per heavy atom. The number of piperidine rings is 1. The van der Waals surface area contributed by atoms with E-state index >= 15 is 0 Å². The number of nitrogens with two attached hydrogens (primary N) is 1. The predicted molar refractivity (Wildman–Crippen MR) is 241 cm³/mol. The number of nitrogens with zero attached hydrogens (tertiary/aromatic N) is 8. The molecule has 4 aliphatic rings. The topological polar surface area (TPSA) is 190 Å². The number of hydrogen-bond donors (Lipinski definition) is 2. The van der Waals surface area contributed by atoms with Crippen molar-refractivity contribution in [2.24, 2.45) is 21.6 Å². The molecule has 0 radical (unpaired) electrons. The van der Waals surface area contributed by atoms with Crippen LogP contribution in [0.25, 0.3) is 10.9 Å². The molecule has 0 spiro atoms. The number of nitrogens with one attached hydrogen (secondary N) is 1. The number of aliphatic imine (C=N–C) groups is 2. The van der Waals surface area contributed by atoms with E-state index in [0.717, 1.165) is 100 Å². The van der Waals surface area contributed by atoms with Crippen molar-refractivity contribution in [3.8, 4) is 11.8 Å². The van der Waals surface area contributed by atoms with Gasteiger partial charge in [-0.05, 0) is 100 Å². The summed E-state index contributed by atoms with van der Waals surface area (Å²) < 4.78 is 6.12. The first-order chi connectivity index (χ1) is 30.1. The number of piperazine rings is 1.